The third kappa shape index (κ3) is 2.90. The highest BCUT2D eigenvalue weighted by molar-refractivity contribution is 5.03. The van der Waals surface area contributed by atoms with E-state index in [0.29, 0.717) is 6.42 Å². The van der Waals surface area contributed by atoms with Crippen molar-refractivity contribution in [2.24, 2.45) is 17.8 Å². The highest BCUT2D eigenvalue weighted by Gasteiger charge is 2.74. The molecule has 1 fully saturated rings. The van der Waals surface area contributed by atoms with Gasteiger partial charge in [0, 0.05) is 5.92 Å². The summed E-state index contributed by atoms with van der Waals surface area (Å²) in [5.41, 5.74) is -4.88. The van der Waals surface area contributed by atoms with E-state index in [1.165, 1.54) is 6.92 Å². The summed E-state index contributed by atoms with van der Waals surface area (Å²) in [6.45, 7) is 3.24. The zero-order valence-electron chi connectivity index (χ0n) is 11.1. The topological polar surface area (TPSA) is 40.5 Å². The fourth-order valence-corrected chi connectivity index (χ4v) is 2.74. The first kappa shape index (κ1) is 17.6. The molecule has 0 radical (unpaired) electrons. The van der Waals surface area contributed by atoms with E-state index in [1.807, 2.05) is 0 Å². The van der Waals surface area contributed by atoms with Gasteiger partial charge in [0.1, 0.15) is 0 Å². The van der Waals surface area contributed by atoms with Crippen molar-refractivity contribution in [1.82, 2.24) is 0 Å². The molecule has 1 aliphatic rings. The highest BCUT2D eigenvalue weighted by atomic mass is 19.4. The number of aliphatic hydroxyl groups is 2. The Hall–Kier alpha value is -0.500. The molecule has 1 saturated carbocycles. The Balaban J connectivity index is 3.26. The third-order valence-corrected chi connectivity index (χ3v) is 4.38. The van der Waals surface area contributed by atoms with Crippen LogP contribution in [0.4, 0.5) is 26.3 Å². The molecule has 120 valence electrons. The minimum absolute atomic E-state index is 0.111. The van der Waals surface area contributed by atoms with Gasteiger partial charge in [-0.2, -0.15) is 26.3 Å². The van der Waals surface area contributed by atoms with E-state index in [9.17, 15) is 36.6 Å². The van der Waals surface area contributed by atoms with Gasteiger partial charge in [-0.15, -0.1) is 0 Å². The molecule has 0 aromatic heterocycles. The molecule has 20 heavy (non-hydrogen) atoms. The molecular formula is C12H18F6O2. The minimum atomic E-state index is -5.88. The molecule has 4 unspecified atom stereocenters. The van der Waals surface area contributed by atoms with Crippen molar-refractivity contribution in [3.63, 3.8) is 0 Å². The van der Waals surface area contributed by atoms with E-state index in [4.69, 9.17) is 0 Å². The molecule has 0 aromatic rings. The van der Waals surface area contributed by atoms with Gasteiger partial charge in [-0.05, 0) is 31.1 Å². The first-order chi connectivity index (χ1) is 8.82. The highest BCUT2D eigenvalue weighted by Crippen LogP contribution is 2.52. The number of hydrogen-bond donors (Lipinski definition) is 2. The van der Waals surface area contributed by atoms with Crippen molar-refractivity contribution in [2.75, 3.05) is 0 Å². The Morgan fingerprint density at radius 1 is 0.850 bits per heavy atom. The maximum atomic E-state index is 12.8. The summed E-state index contributed by atoms with van der Waals surface area (Å²) in [6, 6.07) is 0. The number of alkyl halides is 6. The van der Waals surface area contributed by atoms with Crippen molar-refractivity contribution in [3.8, 4) is 0 Å². The van der Waals surface area contributed by atoms with Crippen molar-refractivity contribution in [3.05, 3.63) is 0 Å². The largest absolute Gasteiger partial charge is 0.426 e. The lowest BCUT2D eigenvalue weighted by Gasteiger charge is -2.41. The van der Waals surface area contributed by atoms with Gasteiger partial charge in [-0.25, -0.2) is 0 Å². The maximum absolute atomic E-state index is 12.8. The average Bonchev–Trinajstić information content (AvgIpc) is 2.38. The van der Waals surface area contributed by atoms with Crippen LogP contribution < -0.4 is 0 Å². The van der Waals surface area contributed by atoms with Gasteiger partial charge in [0.2, 0.25) is 0 Å². The summed E-state index contributed by atoms with van der Waals surface area (Å²) in [6.07, 6.45) is -14.0. The van der Waals surface area contributed by atoms with Crippen LogP contribution in [0, 0.1) is 17.8 Å². The summed E-state index contributed by atoms with van der Waals surface area (Å²) >= 11 is 0. The van der Waals surface area contributed by atoms with Gasteiger partial charge in [0.05, 0.1) is 6.10 Å². The summed E-state index contributed by atoms with van der Waals surface area (Å²) in [5.74, 6) is -2.86. The molecule has 1 aliphatic carbocycles. The predicted molar refractivity (Wildman–Crippen MR) is 58.7 cm³/mol. The Morgan fingerprint density at radius 2 is 1.30 bits per heavy atom. The van der Waals surface area contributed by atoms with E-state index in [0.717, 1.165) is 0 Å². The van der Waals surface area contributed by atoms with Crippen molar-refractivity contribution >= 4 is 0 Å². The molecule has 0 spiro atoms. The lowest BCUT2D eigenvalue weighted by molar-refractivity contribution is -0.392. The van der Waals surface area contributed by atoms with Crippen molar-refractivity contribution in [1.29, 1.82) is 0 Å². The summed E-state index contributed by atoms with van der Waals surface area (Å²) < 4.78 is 77.0. The molecule has 0 bridgehead atoms. The second-order valence-electron chi connectivity index (χ2n) is 5.70. The van der Waals surface area contributed by atoms with Crippen LogP contribution in [-0.2, 0) is 0 Å². The Labute approximate surface area is 112 Å². The molecule has 8 heteroatoms. The van der Waals surface area contributed by atoms with E-state index in [-0.39, 0.29) is 12.3 Å². The maximum Gasteiger partial charge on any atom is 0.426 e. The summed E-state index contributed by atoms with van der Waals surface area (Å²) in [4.78, 5) is 0. The van der Waals surface area contributed by atoms with Crippen LogP contribution in [0.15, 0.2) is 0 Å². The Morgan fingerprint density at radius 3 is 1.70 bits per heavy atom. The zero-order valence-corrected chi connectivity index (χ0v) is 11.1. The molecular weight excluding hydrogens is 290 g/mol. The molecule has 4 atom stereocenters. The molecule has 2 nitrogen and oxygen atoms in total. The normalized spacial score (nSPS) is 33.9. The lowest BCUT2D eigenvalue weighted by Crippen LogP contribution is -2.64. The van der Waals surface area contributed by atoms with Gasteiger partial charge >= 0.3 is 12.4 Å². The van der Waals surface area contributed by atoms with Gasteiger partial charge in [0.15, 0.2) is 0 Å². The van der Waals surface area contributed by atoms with E-state index < -0.39 is 42.3 Å². The zero-order chi connectivity index (χ0) is 15.9. The SMILES string of the molecule is CC1CCC(O)C(C(O)(C(F)(F)F)C(F)(F)F)CC1C. The number of hydrogen-bond acceptors (Lipinski definition) is 2. The van der Waals surface area contributed by atoms with Crippen LogP contribution in [0.3, 0.4) is 0 Å². The lowest BCUT2D eigenvalue weighted by atomic mass is 9.76. The molecule has 0 aromatic carbocycles. The monoisotopic (exact) mass is 308 g/mol. The summed E-state index contributed by atoms with van der Waals surface area (Å²) in [7, 11) is 0. The summed E-state index contributed by atoms with van der Waals surface area (Å²) in [5, 5.41) is 19.1. The van der Waals surface area contributed by atoms with E-state index >= 15 is 0 Å². The first-order valence-corrected chi connectivity index (χ1v) is 6.36. The van der Waals surface area contributed by atoms with Crippen LogP contribution in [0.5, 0.6) is 0 Å². The van der Waals surface area contributed by atoms with E-state index in [2.05, 4.69) is 0 Å². The van der Waals surface area contributed by atoms with Crippen LogP contribution in [0.25, 0.3) is 0 Å². The molecule has 0 saturated heterocycles. The predicted octanol–water partition coefficient (Wildman–Crippen LogP) is 3.28. The van der Waals surface area contributed by atoms with Gasteiger partial charge < -0.3 is 10.2 Å². The van der Waals surface area contributed by atoms with Crippen LogP contribution in [0.2, 0.25) is 0 Å². The fourth-order valence-electron chi connectivity index (χ4n) is 2.74. The first-order valence-electron chi connectivity index (χ1n) is 6.36. The van der Waals surface area contributed by atoms with Crippen molar-refractivity contribution < 1.29 is 36.6 Å². The van der Waals surface area contributed by atoms with Crippen LogP contribution in [0.1, 0.15) is 33.1 Å². The van der Waals surface area contributed by atoms with Crippen molar-refractivity contribution in [2.45, 2.75) is 57.2 Å². The molecule has 0 amide bonds. The van der Waals surface area contributed by atoms with Gasteiger partial charge in [0.25, 0.3) is 5.60 Å². The molecule has 0 heterocycles. The molecule has 1 rings (SSSR count). The Kier molecular flexibility index (Phi) is 4.71. The second kappa shape index (κ2) is 5.36. The van der Waals surface area contributed by atoms with Gasteiger partial charge in [-0.3, -0.25) is 0 Å². The number of rotatable bonds is 1. The smallest absolute Gasteiger partial charge is 0.393 e. The fraction of sp³-hybridized carbons (Fsp3) is 1.00. The van der Waals surface area contributed by atoms with Crippen LogP contribution in [-0.4, -0.2) is 34.3 Å². The number of halogens is 6. The van der Waals surface area contributed by atoms with Gasteiger partial charge in [-0.1, -0.05) is 13.8 Å². The van der Waals surface area contributed by atoms with E-state index in [1.54, 1.807) is 6.92 Å². The molecule has 2 N–H and O–H groups in total. The minimum Gasteiger partial charge on any atom is -0.393 e. The number of aliphatic hydroxyl groups excluding tert-OH is 1. The standard InChI is InChI=1S/C12H18F6O2/c1-6-3-4-9(19)8(5-7(6)2)10(20,11(13,14)15)12(16,17)18/h6-9,19-20H,3-5H2,1-2H3. The molecule has 0 aliphatic heterocycles. The van der Waals surface area contributed by atoms with Crippen LogP contribution >= 0.6 is 0 Å². The quantitative estimate of drug-likeness (QED) is 0.576. The second-order valence-corrected chi connectivity index (χ2v) is 5.70. The average molecular weight is 308 g/mol. The Bertz CT molecular complexity index is 324. The third-order valence-electron chi connectivity index (χ3n) is 4.38.